The number of amides is 1. The van der Waals surface area contributed by atoms with Gasteiger partial charge in [-0.3, -0.25) is 19.9 Å². The van der Waals surface area contributed by atoms with Gasteiger partial charge in [0.05, 0.1) is 17.1 Å². The van der Waals surface area contributed by atoms with Crippen LogP contribution >= 0.6 is 0 Å². The molecule has 0 saturated carbocycles. The Labute approximate surface area is 211 Å². The highest BCUT2D eigenvalue weighted by atomic mass is 16.4. The average molecular weight is 483 g/mol. The highest BCUT2D eigenvalue weighted by molar-refractivity contribution is 5.64. The number of anilines is 1. The molecule has 0 spiro atoms. The third kappa shape index (κ3) is 8.18. The quantitative estimate of drug-likeness (QED) is 0.273. The summed E-state index contributed by atoms with van der Waals surface area (Å²) in [6.45, 7) is 3.19. The molecule has 3 heterocycles. The smallest absolute Gasteiger partial charge is 0.404 e. The van der Waals surface area contributed by atoms with E-state index in [9.17, 15) is 4.79 Å². The van der Waals surface area contributed by atoms with E-state index in [1.54, 1.807) is 0 Å². The van der Waals surface area contributed by atoms with Crippen molar-refractivity contribution in [2.45, 2.75) is 32.6 Å². The normalized spacial score (nSPS) is 10.8. The van der Waals surface area contributed by atoms with Crippen LogP contribution in [-0.2, 0) is 32.6 Å². The van der Waals surface area contributed by atoms with Crippen LogP contribution in [0, 0.1) is 0 Å². The Bertz CT molecular complexity index is 1160. The molecular formula is C28H30N6O2. The maximum Gasteiger partial charge on any atom is 0.404 e. The lowest BCUT2D eigenvalue weighted by molar-refractivity contribution is 0.194. The minimum absolute atomic E-state index is 0.404. The van der Waals surface area contributed by atoms with Crippen molar-refractivity contribution in [1.82, 2.24) is 25.2 Å². The Hall–Kier alpha value is -4.30. The summed E-state index contributed by atoms with van der Waals surface area (Å²) in [4.78, 5) is 26.5. The summed E-state index contributed by atoms with van der Waals surface area (Å²) in [5, 5.41) is 14.5. The van der Waals surface area contributed by atoms with Crippen LogP contribution in [0.15, 0.2) is 91.4 Å². The van der Waals surface area contributed by atoms with Gasteiger partial charge in [-0.25, -0.2) is 4.79 Å². The van der Waals surface area contributed by atoms with E-state index in [-0.39, 0.29) is 0 Å². The molecule has 0 saturated heterocycles. The van der Waals surface area contributed by atoms with E-state index in [1.165, 1.54) is 0 Å². The summed E-state index contributed by atoms with van der Waals surface area (Å²) in [5.41, 5.74) is 6.20. The summed E-state index contributed by atoms with van der Waals surface area (Å²) in [6, 6.07) is 24.1. The topological polar surface area (TPSA) is 103 Å². The van der Waals surface area contributed by atoms with E-state index in [2.05, 4.69) is 37.6 Å². The number of carbonyl (C=O) groups is 1. The molecule has 1 amide bonds. The summed E-state index contributed by atoms with van der Waals surface area (Å²) < 4.78 is 0. The van der Waals surface area contributed by atoms with Gasteiger partial charge in [-0.05, 0) is 60.0 Å². The number of aromatic nitrogens is 3. The predicted octanol–water partition coefficient (Wildman–Crippen LogP) is 4.50. The molecular weight excluding hydrogens is 452 g/mol. The zero-order valence-electron chi connectivity index (χ0n) is 20.0. The molecule has 0 aliphatic carbocycles. The zero-order valence-corrected chi connectivity index (χ0v) is 20.0. The first-order valence-electron chi connectivity index (χ1n) is 11.9. The monoisotopic (exact) mass is 482 g/mol. The van der Waals surface area contributed by atoms with Gasteiger partial charge in [-0.2, -0.15) is 0 Å². The van der Waals surface area contributed by atoms with Crippen LogP contribution in [0.25, 0.3) is 0 Å². The lowest BCUT2D eigenvalue weighted by atomic mass is 10.1. The molecule has 0 fully saturated rings. The van der Waals surface area contributed by atoms with Gasteiger partial charge in [0, 0.05) is 57.0 Å². The fourth-order valence-electron chi connectivity index (χ4n) is 3.80. The van der Waals surface area contributed by atoms with Crippen molar-refractivity contribution in [3.63, 3.8) is 0 Å². The summed E-state index contributed by atoms with van der Waals surface area (Å²) in [6.07, 6.45) is 5.21. The third-order valence-corrected chi connectivity index (χ3v) is 5.64. The van der Waals surface area contributed by atoms with Gasteiger partial charge in [-0.1, -0.05) is 30.3 Å². The molecule has 3 N–H and O–H groups in total. The van der Waals surface area contributed by atoms with Crippen LogP contribution in [0.4, 0.5) is 10.5 Å². The second-order valence-corrected chi connectivity index (χ2v) is 8.48. The number of pyridine rings is 3. The first-order valence-corrected chi connectivity index (χ1v) is 11.9. The Morgan fingerprint density at radius 1 is 0.750 bits per heavy atom. The molecule has 0 bridgehead atoms. The molecule has 1 aromatic carbocycles. The molecule has 8 nitrogen and oxygen atoms in total. The molecule has 4 aromatic rings. The molecule has 0 atom stereocenters. The van der Waals surface area contributed by atoms with Crippen LogP contribution in [0.5, 0.6) is 0 Å². The molecule has 0 radical (unpaired) electrons. The number of hydrogen-bond acceptors (Lipinski definition) is 6. The van der Waals surface area contributed by atoms with Gasteiger partial charge in [0.1, 0.15) is 0 Å². The molecule has 4 rings (SSSR count). The van der Waals surface area contributed by atoms with Crippen LogP contribution in [0.2, 0.25) is 0 Å². The van der Waals surface area contributed by atoms with Gasteiger partial charge in [0.2, 0.25) is 0 Å². The van der Waals surface area contributed by atoms with E-state index in [1.807, 2.05) is 79.3 Å². The van der Waals surface area contributed by atoms with Gasteiger partial charge in [0.15, 0.2) is 0 Å². The van der Waals surface area contributed by atoms with Gasteiger partial charge in [-0.15, -0.1) is 0 Å². The van der Waals surface area contributed by atoms with Crippen molar-refractivity contribution in [1.29, 1.82) is 0 Å². The van der Waals surface area contributed by atoms with E-state index in [0.717, 1.165) is 33.9 Å². The zero-order chi connectivity index (χ0) is 25.0. The number of hydrogen-bond donors (Lipinski definition) is 3. The lowest BCUT2D eigenvalue weighted by Gasteiger charge is -2.21. The fraction of sp³-hybridized carbons (Fsp3) is 0.214. The van der Waals surface area contributed by atoms with Crippen LogP contribution in [0.1, 0.15) is 28.2 Å². The van der Waals surface area contributed by atoms with E-state index in [0.29, 0.717) is 39.1 Å². The van der Waals surface area contributed by atoms with Crippen molar-refractivity contribution in [2.75, 3.05) is 11.9 Å². The molecule has 3 aromatic heterocycles. The number of carboxylic acid groups (broad SMARTS) is 1. The second-order valence-electron chi connectivity index (χ2n) is 8.48. The molecule has 0 aliphatic rings. The number of rotatable bonds is 12. The molecule has 8 heteroatoms. The van der Waals surface area contributed by atoms with Crippen LogP contribution in [0.3, 0.4) is 0 Å². The van der Waals surface area contributed by atoms with E-state index >= 15 is 0 Å². The van der Waals surface area contributed by atoms with Crippen molar-refractivity contribution >= 4 is 11.8 Å². The number of benzene rings is 1. The minimum Gasteiger partial charge on any atom is -0.465 e. The highest BCUT2D eigenvalue weighted by Gasteiger charge is 2.11. The van der Waals surface area contributed by atoms with Gasteiger partial charge < -0.3 is 15.7 Å². The number of nitrogens with zero attached hydrogens (tertiary/aromatic N) is 4. The first-order chi connectivity index (χ1) is 17.6. The first kappa shape index (κ1) is 24.8. The van der Waals surface area contributed by atoms with Crippen molar-refractivity contribution in [3.8, 4) is 0 Å². The summed E-state index contributed by atoms with van der Waals surface area (Å²) in [5.74, 6) is 0. The van der Waals surface area contributed by atoms with E-state index < -0.39 is 6.09 Å². The Kier molecular flexibility index (Phi) is 8.94. The van der Waals surface area contributed by atoms with E-state index in [4.69, 9.17) is 10.1 Å². The Morgan fingerprint density at radius 3 is 1.89 bits per heavy atom. The second kappa shape index (κ2) is 13.0. The van der Waals surface area contributed by atoms with Gasteiger partial charge >= 0.3 is 6.09 Å². The summed E-state index contributed by atoms with van der Waals surface area (Å²) in [7, 11) is 0. The van der Waals surface area contributed by atoms with Crippen molar-refractivity contribution in [3.05, 3.63) is 120 Å². The standard InChI is InChI=1S/C28H30N6O2/c35-28(36)31-16-13-22-7-10-24(11-8-22)32-17-23-9-12-27(33-18-23)21-34(19-25-5-1-3-14-29-25)20-26-6-2-4-15-30-26/h1-12,14-15,18,31-32H,13,16-17,19-21H2,(H,35,36). The van der Waals surface area contributed by atoms with Gasteiger partial charge in [0.25, 0.3) is 0 Å². The highest BCUT2D eigenvalue weighted by Crippen LogP contribution is 2.14. The predicted molar refractivity (Wildman–Crippen MR) is 139 cm³/mol. The SMILES string of the molecule is O=C(O)NCCc1ccc(NCc2ccc(CN(Cc3ccccn3)Cc3ccccn3)nc2)cc1. The number of nitrogens with one attached hydrogen (secondary N) is 2. The molecule has 0 unspecified atom stereocenters. The Balaban J connectivity index is 1.31. The summed E-state index contributed by atoms with van der Waals surface area (Å²) >= 11 is 0. The van der Waals surface area contributed by atoms with Crippen molar-refractivity contribution < 1.29 is 9.90 Å². The van der Waals surface area contributed by atoms with Crippen LogP contribution in [-0.4, -0.2) is 37.6 Å². The molecule has 0 aliphatic heterocycles. The fourth-order valence-corrected chi connectivity index (χ4v) is 3.80. The maximum atomic E-state index is 10.6. The molecule has 184 valence electrons. The molecule has 36 heavy (non-hydrogen) atoms. The van der Waals surface area contributed by atoms with Crippen LogP contribution < -0.4 is 10.6 Å². The third-order valence-electron chi connectivity index (χ3n) is 5.64. The van der Waals surface area contributed by atoms with Crippen molar-refractivity contribution in [2.24, 2.45) is 0 Å². The minimum atomic E-state index is -0.998. The largest absolute Gasteiger partial charge is 0.465 e. The maximum absolute atomic E-state index is 10.6. The lowest BCUT2D eigenvalue weighted by Crippen LogP contribution is -2.24. The Morgan fingerprint density at radius 2 is 1.36 bits per heavy atom. The average Bonchev–Trinajstić information content (AvgIpc) is 2.90.